The molecule has 1 aliphatic heterocycles. The third-order valence-electron chi connectivity index (χ3n) is 3.46. The van der Waals surface area contributed by atoms with Crippen LogP contribution in [0.25, 0.3) is 0 Å². The minimum Gasteiger partial charge on any atom is -0.228 e. The zero-order valence-electron chi connectivity index (χ0n) is 10.2. The van der Waals surface area contributed by atoms with Crippen LogP contribution in [-0.2, 0) is 9.84 Å². The number of aryl methyl sites for hydroxylation is 1. The van der Waals surface area contributed by atoms with Crippen LogP contribution in [0.2, 0.25) is 0 Å². The van der Waals surface area contributed by atoms with E-state index in [0.29, 0.717) is 12.0 Å². The van der Waals surface area contributed by atoms with Gasteiger partial charge in [0.15, 0.2) is 9.84 Å². The van der Waals surface area contributed by atoms with Gasteiger partial charge >= 0.3 is 0 Å². The van der Waals surface area contributed by atoms with E-state index >= 15 is 0 Å². The van der Waals surface area contributed by atoms with Crippen molar-refractivity contribution in [3.8, 4) is 0 Å². The molecule has 2 atom stereocenters. The van der Waals surface area contributed by atoms with Crippen molar-refractivity contribution in [3.63, 3.8) is 0 Å². The second kappa shape index (κ2) is 5.29. The zero-order valence-corrected chi connectivity index (χ0v) is 12.6. The van der Waals surface area contributed by atoms with E-state index in [1.807, 2.05) is 0 Å². The molecule has 1 saturated heterocycles. The van der Waals surface area contributed by atoms with Crippen LogP contribution >= 0.6 is 15.9 Å². The highest BCUT2D eigenvalue weighted by atomic mass is 79.9. The van der Waals surface area contributed by atoms with Crippen LogP contribution in [-0.4, -0.2) is 19.4 Å². The van der Waals surface area contributed by atoms with Crippen LogP contribution < -0.4 is 0 Å². The summed E-state index contributed by atoms with van der Waals surface area (Å²) in [6.07, 6.45) is 2.36. The van der Waals surface area contributed by atoms with Crippen molar-refractivity contribution in [1.29, 1.82) is 0 Å². The monoisotopic (exact) mass is 334 g/mol. The summed E-state index contributed by atoms with van der Waals surface area (Å²) in [5.41, 5.74) is 1.38. The summed E-state index contributed by atoms with van der Waals surface area (Å²) in [6, 6.07) is 4.78. The predicted molar refractivity (Wildman–Crippen MR) is 74.2 cm³/mol. The first-order valence-corrected chi connectivity index (χ1v) is 8.66. The van der Waals surface area contributed by atoms with Gasteiger partial charge in [-0.2, -0.15) is 0 Å². The lowest BCUT2D eigenvalue weighted by Gasteiger charge is -2.27. The van der Waals surface area contributed by atoms with E-state index in [9.17, 15) is 12.8 Å². The Kier molecular flexibility index (Phi) is 4.11. The smallest absolute Gasteiger partial charge is 0.154 e. The van der Waals surface area contributed by atoms with Crippen LogP contribution in [0.4, 0.5) is 4.39 Å². The molecule has 100 valence electrons. The van der Waals surface area contributed by atoms with Crippen LogP contribution in [0.5, 0.6) is 0 Å². The van der Waals surface area contributed by atoms with Gasteiger partial charge < -0.3 is 0 Å². The highest BCUT2D eigenvalue weighted by Crippen LogP contribution is 2.37. The normalized spacial score (nSPS) is 24.7. The largest absolute Gasteiger partial charge is 0.228 e. The molecule has 1 aromatic carbocycles. The highest BCUT2D eigenvalue weighted by molar-refractivity contribution is 9.09. The molecule has 1 aliphatic rings. The van der Waals surface area contributed by atoms with Crippen molar-refractivity contribution in [2.24, 2.45) is 0 Å². The SMILES string of the molecule is Cc1cc(C(Br)C2CCCCS2(=O)=O)ccc1F. The van der Waals surface area contributed by atoms with E-state index in [-0.39, 0.29) is 16.4 Å². The molecule has 1 heterocycles. The average molecular weight is 335 g/mol. The number of hydrogen-bond acceptors (Lipinski definition) is 2. The fourth-order valence-corrected chi connectivity index (χ4v) is 5.85. The summed E-state index contributed by atoms with van der Waals surface area (Å²) < 4.78 is 37.3. The minimum absolute atomic E-state index is 0.248. The second-order valence-electron chi connectivity index (χ2n) is 4.81. The maximum atomic E-state index is 13.2. The average Bonchev–Trinajstić information content (AvgIpc) is 2.31. The van der Waals surface area contributed by atoms with Gasteiger partial charge in [-0.15, -0.1) is 0 Å². The van der Waals surface area contributed by atoms with Gasteiger partial charge in [0.25, 0.3) is 0 Å². The zero-order chi connectivity index (χ0) is 13.3. The van der Waals surface area contributed by atoms with Crippen molar-refractivity contribution in [1.82, 2.24) is 0 Å². The van der Waals surface area contributed by atoms with E-state index in [1.165, 1.54) is 6.07 Å². The van der Waals surface area contributed by atoms with E-state index in [4.69, 9.17) is 0 Å². The van der Waals surface area contributed by atoms with Gasteiger partial charge in [0.05, 0.1) is 15.8 Å². The third-order valence-corrected chi connectivity index (χ3v) is 7.26. The molecule has 2 rings (SSSR count). The lowest BCUT2D eigenvalue weighted by molar-refractivity contribution is 0.536. The second-order valence-corrected chi connectivity index (χ2v) is 8.14. The van der Waals surface area contributed by atoms with Crippen molar-refractivity contribution in [2.75, 3.05) is 5.75 Å². The Labute approximate surface area is 116 Å². The van der Waals surface area contributed by atoms with E-state index in [2.05, 4.69) is 15.9 Å². The number of rotatable bonds is 2. The van der Waals surface area contributed by atoms with Gasteiger partial charge in [0.1, 0.15) is 5.82 Å². The fraction of sp³-hybridized carbons (Fsp3) is 0.538. The summed E-state index contributed by atoms with van der Waals surface area (Å²) in [6.45, 7) is 1.69. The molecule has 2 nitrogen and oxygen atoms in total. The molecule has 0 aliphatic carbocycles. The Balaban J connectivity index is 2.30. The molecule has 1 aromatic rings. The molecule has 0 saturated carbocycles. The van der Waals surface area contributed by atoms with Crippen LogP contribution in [0.1, 0.15) is 35.2 Å². The molecule has 2 unspecified atom stereocenters. The van der Waals surface area contributed by atoms with Crippen molar-refractivity contribution in [2.45, 2.75) is 36.3 Å². The van der Waals surface area contributed by atoms with Crippen molar-refractivity contribution in [3.05, 3.63) is 35.1 Å². The molecule has 0 spiro atoms. The maximum absolute atomic E-state index is 13.2. The van der Waals surface area contributed by atoms with E-state index < -0.39 is 15.1 Å². The topological polar surface area (TPSA) is 34.1 Å². The quantitative estimate of drug-likeness (QED) is 0.775. The minimum atomic E-state index is -3.03. The summed E-state index contributed by atoms with van der Waals surface area (Å²) in [4.78, 5) is -0.248. The number of halogens is 2. The molecule has 0 amide bonds. The Morgan fingerprint density at radius 1 is 1.39 bits per heavy atom. The summed E-state index contributed by atoms with van der Waals surface area (Å²) in [5, 5.41) is -0.392. The lowest BCUT2D eigenvalue weighted by atomic mass is 10.0. The first-order valence-electron chi connectivity index (χ1n) is 6.03. The van der Waals surface area contributed by atoms with Crippen LogP contribution in [0.15, 0.2) is 18.2 Å². The molecular weight excluding hydrogens is 319 g/mol. The van der Waals surface area contributed by atoms with Crippen molar-refractivity contribution < 1.29 is 12.8 Å². The first-order chi connectivity index (χ1) is 8.42. The number of hydrogen-bond donors (Lipinski definition) is 0. The fourth-order valence-electron chi connectivity index (χ4n) is 2.36. The molecule has 0 radical (unpaired) electrons. The standard InChI is InChI=1S/C13H16BrFO2S/c1-9-8-10(5-6-11(9)15)13(14)12-4-2-3-7-18(12,16)17/h5-6,8,12-13H,2-4,7H2,1H3. The van der Waals surface area contributed by atoms with Crippen LogP contribution in [0, 0.1) is 12.7 Å². The highest BCUT2D eigenvalue weighted by Gasteiger charge is 2.35. The van der Waals surface area contributed by atoms with Gasteiger partial charge in [-0.05, 0) is 37.0 Å². The summed E-state index contributed by atoms with van der Waals surface area (Å²) in [5.74, 6) is 0.00453. The van der Waals surface area contributed by atoms with Crippen LogP contribution in [0.3, 0.4) is 0 Å². The Morgan fingerprint density at radius 3 is 2.72 bits per heavy atom. The molecule has 0 aromatic heterocycles. The van der Waals surface area contributed by atoms with Gasteiger partial charge in [0.2, 0.25) is 0 Å². The third kappa shape index (κ3) is 2.77. The molecule has 0 N–H and O–H groups in total. The van der Waals surface area contributed by atoms with E-state index in [0.717, 1.165) is 18.4 Å². The lowest BCUT2D eigenvalue weighted by Crippen LogP contribution is -2.31. The maximum Gasteiger partial charge on any atom is 0.154 e. The van der Waals surface area contributed by atoms with Gasteiger partial charge in [-0.1, -0.05) is 34.5 Å². The van der Waals surface area contributed by atoms with Gasteiger partial charge in [-0.3, -0.25) is 0 Å². The summed E-state index contributed by atoms with van der Waals surface area (Å²) >= 11 is 3.48. The Morgan fingerprint density at radius 2 is 2.11 bits per heavy atom. The van der Waals surface area contributed by atoms with Crippen molar-refractivity contribution >= 4 is 25.8 Å². The number of alkyl halides is 1. The number of sulfone groups is 1. The van der Waals surface area contributed by atoms with Gasteiger partial charge in [-0.25, -0.2) is 12.8 Å². The van der Waals surface area contributed by atoms with Gasteiger partial charge in [0, 0.05) is 0 Å². The number of benzene rings is 1. The summed E-state index contributed by atoms with van der Waals surface area (Å²) in [7, 11) is -3.03. The first kappa shape index (κ1) is 14.0. The Hall–Kier alpha value is -0.420. The molecule has 1 fully saturated rings. The van der Waals surface area contributed by atoms with E-state index in [1.54, 1.807) is 19.1 Å². The predicted octanol–water partition coefficient (Wildman–Crippen LogP) is 3.54. The molecule has 18 heavy (non-hydrogen) atoms. The molecule has 5 heteroatoms. The Bertz CT molecular complexity index is 542. The molecular formula is C13H16BrFO2S. The molecule has 0 bridgehead atoms.